The van der Waals surface area contributed by atoms with Crippen LogP contribution < -0.4 is 0 Å². The fourth-order valence-corrected chi connectivity index (χ4v) is 4.67. The molecular weight excluding hydrogens is 358 g/mol. The van der Waals surface area contributed by atoms with E-state index in [1.165, 1.54) is 10.4 Å². The van der Waals surface area contributed by atoms with Gasteiger partial charge in [-0.15, -0.1) is 0 Å². The van der Waals surface area contributed by atoms with Crippen molar-refractivity contribution in [2.45, 2.75) is 37.1 Å². The Hall–Kier alpha value is -0.920. The highest BCUT2D eigenvalue weighted by Crippen LogP contribution is 2.27. The fraction of sp³-hybridized carbons (Fsp3) is 0.500. The molecule has 0 saturated carbocycles. The number of carbonyl (C=O) groups excluding carboxylic acids is 1. The monoisotopic (exact) mass is 375 g/mol. The molecule has 0 N–H and O–H groups in total. The Bertz CT molecular complexity index is 617. The quantitative estimate of drug-likeness (QED) is 0.758. The second-order valence-corrected chi connectivity index (χ2v) is 7.64. The molecule has 1 aliphatic rings. The Morgan fingerprint density at radius 2 is 2.19 bits per heavy atom. The fourth-order valence-electron chi connectivity index (χ4n) is 2.43. The van der Waals surface area contributed by atoms with Gasteiger partial charge in [0.2, 0.25) is 10.0 Å². The van der Waals surface area contributed by atoms with E-state index in [4.69, 9.17) is 4.74 Å². The highest BCUT2D eigenvalue weighted by Gasteiger charge is 2.38. The number of rotatable bonds is 4. The van der Waals surface area contributed by atoms with Crippen molar-refractivity contribution in [3.05, 3.63) is 28.7 Å². The van der Waals surface area contributed by atoms with Crippen LogP contribution in [-0.2, 0) is 19.6 Å². The van der Waals surface area contributed by atoms with Crippen molar-refractivity contribution in [2.75, 3.05) is 13.2 Å². The molecular formula is C14H18BrNO4S. The van der Waals surface area contributed by atoms with Gasteiger partial charge in [0, 0.05) is 11.0 Å². The molecule has 1 atom stereocenters. The minimum absolute atomic E-state index is 0.188. The van der Waals surface area contributed by atoms with Crippen LogP contribution in [0.15, 0.2) is 33.6 Å². The maximum Gasteiger partial charge on any atom is 0.324 e. The Kier molecular flexibility index (Phi) is 5.40. The lowest BCUT2D eigenvalue weighted by molar-refractivity contribution is -0.148. The van der Waals surface area contributed by atoms with Crippen LogP contribution in [0.5, 0.6) is 0 Å². The van der Waals surface area contributed by atoms with Gasteiger partial charge in [0.05, 0.1) is 11.5 Å². The first-order valence-corrected chi connectivity index (χ1v) is 9.14. The van der Waals surface area contributed by atoms with Crippen LogP contribution in [0.3, 0.4) is 0 Å². The number of hydrogen-bond acceptors (Lipinski definition) is 4. The number of benzene rings is 1. The number of halogens is 1. The predicted molar refractivity (Wildman–Crippen MR) is 82.3 cm³/mol. The predicted octanol–water partition coefficient (Wildman–Crippen LogP) is 2.56. The van der Waals surface area contributed by atoms with Crippen LogP contribution in [0, 0.1) is 0 Å². The molecule has 0 spiro atoms. The Labute approximate surface area is 133 Å². The van der Waals surface area contributed by atoms with Gasteiger partial charge in [0.25, 0.3) is 0 Å². The number of carbonyl (C=O) groups is 1. The number of nitrogens with zero attached hydrogens (tertiary/aromatic N) is 1. The maximum absolute atomic E-state index is 12.8. The van der Waals surface area contributed by atoms with Crippen LogP contribution in [-0.4, -0.2) is 37.9 Å². The lowest BCUT2D eigenvalue weighted by Gasteiger charge is -2.32. The molecule has 2 rings (SSSR count). The molecule has 0 amide bonds. The van der Waals surface area contributed by atoms with Crippen molar-refractivity contribution >= 4 is 31.9 Å². The zero-order valence-electron chi connectivity index (χ0n) is 11.8. The lowest BCUT2D eigenvalue weighted by Crippen LogP contribution is -2.48. The SMILES string of the molecule is CCOC(=O)C1CCCCN1S(=O)(=O)c1cccc(Br)c1. The highest BCUT2D eigenvalue weighted by atomic mass is 79.9. The molecule has 1 unspecified atom stereocenters. The van der Waals surface area contributed by atoms with Gasteiger partial charge in [-0.05, 0) is 44.4 Å². The van der Waals surface area contributed by atoms with E-state index in [-0.39, 0.29) is 11.5 Å². The largest absolute Gasteiger partial charge is 0.465 e. The number of sulfonamides is 1. The van der Waals surface area contributed by atoms with Gasteiger partial charge >= 0.3 is 5.97 Å². The minimum atomic E-state index is -3.69. The van der Waals surface area contributed by atoms with Gasteiger partial charge in [0.1, 0.15) is 6.04 Å². The van der Waals surface area contributed by atoms with Crippen LogP contribution in [0.25, 0.3) is 0 Å². The second-order valence-electron chi connectivity index (χ2n) is 4.84. The van der Waals surface area contributed by atoms with Gasteiger partial charge < -0.3 is 4.74 Å². The van der Waals surface area contributed by atoms with Gasteiger partial charge in [-0.3, -0.25) is 4.79 Å². The van der Waals surface area contributed by atoms with E-state index in [1.54, 1.807) is 25.1 Å². The summed E-state index contributed by atoms with van der Waals surface area (Å²) in [5, 5.41) is 0. The summed E-state index contributed by atoms with van der Waals surface area (Å²) in [6.07, 6.45) is 2.09. The smallest absolute Gasteiger partial charge is 0.324 e. The molecule has 21 heavy (non-hydrogen) atoms. The molecule has 116 valence electrons. The molecule has 1 aromatic carbocycles. The summed E-state index contributed by atoms with van der Waals surface area (Å²) in [5.41, 5.74) is 0. The summed E-state index contributed by atoms with van der Waals surface area (Å²) < 4.78 is 32.5. The first kappa shape index (κ1) is 16.5. The standard InChI is InChI=1S/C14H18BrNO4S/c1-2-20-14(17)13-8-3-4-9-16(13)21(18,19)12-7-5-6-11(15)10-12/h5-7,10,13H,2-4,8-9H2,1H3. The van der Waals surface area contributed by atoms with E-state index in [1.807, 2.05) is 0 Å². The summed E-state index contributed by atoms with van der Waals surface area (Å²) in [6.45, 7) is 2.31. The average molecular weight is 376 g/mol. The van der Waals surface area contributed by atoms with Crippen LogP contribution in [0.2, 0.25) is 0 Å². The van der Waals surface area contributed by atoms with Crippen molar-refractivity contribution in [3.63, 3.8) is 0 Å². The van der Waals surface area contributed by atoms with Gasteiger partial charge in [-0.2, -0.15) is 4.31 Å². The number of hydrogen-bond donors (Lipinski definition) is 0. The topological polar surface area (TPSA) is 63.7 Å². The third-order valence-electron chi connectivity index (χ3n) is 3.42. The summed E-state index contributed by atoms with van der Waals surface area (Å²) in [6, 6.07) is 5.80. The zero-order valence-corrected chi connectivity index (χ0v) is 14.2. The second kappa shape index (κ2) is 6.89. The summed E-state index contributed by atoms with van der Waals surface area (Å²) in [5.74, 6) is -0.462. The van der Waals surface area contributed by atoms with Gasteiger partial charge in [-0.25, -0.2) is 8.42 Å². The van der Waals surface area contributed by atoms with Crippen molar-refractivity contribution in [3.8, 4) is 0 Å². The highest BCUT2D eigenvalue weighted by molar-refractivity contribution is 9.10. The molecule has 0 aromatic heterocycles. The molecule has 7 heteroatoms. The minimum Gasteiger partial charge on any atom is -0.465 e. The van der Waals surface area contributed by atoms with E-state index < -0.39 is 22.0 Å². The molecule has 5 nitrogen and oxygen atoms in total. The first-order valence-electron chi connectivity index (χ1n) is 6.91. The lowest BCUT2D eigenvalue weighted by atomic mass is 10.1. The van der Waals surface area contributed by atoms with Crippen LogP contribution in [0.1, 0.15) is 26.2 Å². The number of piperidine rings is 1. The molecule has 0 bridgehead atoms. The van der Waals surface area contributed by atoms with Crippen molar-refractivity contribution in [1.29, 1.82) is 0 Å². The molecule has 1 aromatic rings. The van der Waals surface area contributed by atoms with E-state index in [0.717, 1.165) is 12.8 Å². The van der Waals surface area contributed by atoms with E-state index >= 15 is 0 Å². The first-order chi connectivity index (χ1) is 9.96. The van der Waals surface area contributed by atoms with E-state index in [2.05, 4.69) is 15.9 Å². The van der Waals surface area contributed by atoms with Crippen molar-refractivity contribution < 1.29 is 17.9 Å². The molecule has 0 aliphatic carbocycles. The summed E-state index contributed by atoms with van der Waals surface area (Å²) >= 11 is 3.27. The number of ether oxygens (including phenoxy) is 1. The third-order valence-corrected chi connectivity index (χ3v) is 5.81. The number of esters is 1. The normalized spacial score (nSPS) is 20.2. The summed E-state index contributed by atoms with van der Waals surface area (Å²) in [7, 11) is -3.69. The van der Waals surface area contributed by atoms with Gasteiger partial charge in [0.15, 0.2) is 0 Å². The molecule has 1 saturated heterocycles. The van der Waals surface area contributed by atoms with E-state index in [0.29, 0.717) is 17.4 Å². The third kappa shape index (κ3) is 3.64. The molecule has 1 fully saturated rings. The Balaban J connectivity index is 2.34. The van der Waals surface area contributed by atoms with Crippen molar-refractivity contribution in [1.82, 2.24) is 4.31 Å². The van der Waals surface area contributed by atoms with Crippen molar-refractivity contribution in [2.24, 2.45) is 0 Å². The maximum atomic E-state index is 12.8. The zero-order chi connectivity index (χ0) is 15.5. The summed E-state index contributed by atoms with van der Waals surface area (Å²) in [4.78, 5) is 12.2. The average Bonchev–Trinajstić information content (AvgIpc) is 2.47. The van der Waals surface area contributed by atoms with Gasteiger partial charge in [-0.1, -0.05) is 22.0 Å². The van der Waals surface area contributed by atoms with Crippen LogP contribution in [0.4, 0.5) is 0 Å². The van der Waals surface area contributed by atoms with Crippen LogP contribution >= 0.6 is 15.9 Å². The Morgan fingerprint density at radius 3 is 2.86 bits per heavy atom. The Morgan fingerprint density at radius 1 is 1.43 bits per heavy atom. The molecule has 1 aliphatic heterocycles. The molecule has 0 radical (unpaired) electrons. The molecule has 1 heterocycles. The van der Waals surface area contributed by atoms with E-state index in [9.17, 15) is 13.2 Å².